The van der Waals surface area contributed by atoms with Crippen molar-refractivity contribution in [1.29, 1.82) is 0 Å². The molecule has 1 saturated heterocycles. The number of benzene rings is 2. The summed E-state index contributed by atoms with van der Waals surface area (Å²) in [6.07, 6.45) is 4.62. The molecule has 0 bridgehead atoms. The number of nitrogen functional groups attached to an aromatic ring is 1. The zero-order valence-electron chi connectivity index (χ0n) is 21.0. The smallest absolute Gasteiger partial charge is 0.335 e. The van der Waals surface area contributed by atoms with Crippen LogP contribution in [0.5, 0.6) is 11.5 Å². The van der Waals surface area contributed by atoms with Crippen molar-refractivity contribution in [2.75, 3.05) is 45.6 Å². The zero-order chi connectivity index (χ0) is 26.6. The minimum Gasteiger partial charge on any atom is -0.457 e. The molecule has 1 amide bonds. The van der Waals surface area contributed by atoms with Gasteiger partial charge in [-0.1, -0.05) is 24.3 Å². The Morgan fingerprint density at radius 2 is 1.84 bits per heavy atom. The second-order valence-corrected chi connectivity index (χ2v) is 9.11. The first kappa shape index (κ1) is 25.2. The minimum absolute atomic E-state index is 0.0636. The number of ether oxygens (including phenoxy) is 1. The highest BCUT2D eigenvalue weighted by Crippen LogP contribution is 2.28. The number of aliphatic hydroxyl groups excluding tert-OH is 1. The summed E-state index contributed by atoms with van der Waals surface area (Å²) in [4.78, 5) is 38.3. The molecule has 1 fully saturated rings. The van der Waals surface area contributed by atoms with Gasteiger partial charge >= 0.3 is 5.69 Å². The van der Waals surface area contributed by atoms with E-state index in [9.17, 15) is 9.59 Å². The SMILES string of the molecule is CN(CC=CC(=O)N1CC(n2c(=O)n(-c3ccc(Oc4ccccc4)cc3)c3c(N)ncnc32)C1)CCO. The largest absolute Gasteiger partial charge is 0.457 e. The number of anilines is 1. The molecule has 0 saturated carbocycles. The van der Waals surface area contributed by atoms with Gasteiger partial charge in [0.25, 0.3) is 0 Å². The van der Waals surface area contributed by atoms with Gasteiger partial charge in [0.05, 0.1) is 18.3 Å². The summed E-state index contributed by atoms with van der Waals surface area (Å²) in [5.41, 5.74) is 7.34. The van der Waals surface area contributed by atoms with E-state index in [1.165, 1.54) is 17.0 Å². The lowest BCUT2D eigenvalue weighted by Gasteiger charge is -2.38. The molecule has 0 atom stereocenters. The Hall–Kier alpha value is -4.48. The molecule has 1 aliphatic rings. The summed E-state index contributed by atoms with van der Waals surface area (Å²) in [6, 6.07) is 16.3. The fraction of sp³-hybridized carbons (Fsp3) is 0.259. The van der Waals surface area contributed by atoms with Crippen LogP contribution in [0.15, 0.2) is 77.9 Å². The molecule has 0 radical (unpaired) electrons. The van der Waals surface area contributed by atoms with Gasteiger partial charge in [-0.2, -0.15) is 0 Å². The number of hydrogen-bond acceptors (Lipinski definition) is 8. The number of aliphatic hydroxyl groups is 1. The van der Waals surface area contributed by atoms with E-state index in [0.29, 0.717) is 54.5 Å². The fourth-order valence-corrected chi connectivity index (χ4v) is 4.42. The second kappa shape index (κ2) is 10.9. The number of nitrogens with zero attached hydrogens (tertiary/aromatic N) is 6. The number of amides is 1. The first-order valence-electron chi connectivity index (χ1n) is 12.3. The van der Waals surface area contributed by atoms with Crippen molar-refractivity contribution in [3.63, 3.8) is 0 Å². The summed E-state index contributed by atoms with van der Waals surface area (Å²) < 4.78 is 8.96. The van der Waals surface area contributed by atoms with Crippen LogP contribution in [0.1, 0.15) is 6.04 Å². The highest BCUT2D eigenvalue weighted by Gasteiger charge is 2.35. The van der Waals surface area contributed by atoms with Crippen LogP contribution in [0.25, 0.3) is 16.9 Å². The van der Waals surface area contributed by atoms with Gasteiger partial charge in [-0.15, -0.1) is 0 Å². The van der Waals surface area contributed by atoms with E-state index >= 15 is 0 Å². The Balaban J connectivity index is 1.37. The summed E-state index contributed by atoms with van der Waals surface area (Å²) in [5.74, 6) is 1.41. The third kappa shape index (κ3) is 5.01. The molecule has 196 valence electrons. The third-order valence-corrected chi connectivity index (χ3v) is 6.45. The number of likely N-dealkylation sites (N-methyl/N-ethyl adjacent to an activating group) is 1. The molecular formula is C27H29N7O4. The average Bonchev–Trinajstić information content (AvgIpc) is 3.17. The lowest BCUT2D eigenvalue weighted by Crippen LogP contribution is -2.52. The number of likely N-dealkylation sites (tertiary alicyclic amines) is 1. The zero-order valence-corrected chi connectivity index (χ0v) is 21.0. The van der Waals surface area contributed by atoms with Gasteiger partial charge in [-0.25, -0.2) is 14.8 Å². The lowest BCUT2D eigenvalue weighted by atomic mass is 10.1. The maximum atomic E-state index is 13.7. The van der Waals surface area contributed by atoms with E-state index in [2.05, 4.69) is 9.97 Å². The highest BCUT2D eigenvalue weighted by molar-refractivity contribution is 5.88. The lowest BCUT2D eigenvalue weighted by molar-refractivity contribution is -0.131. The summed E-state index contributed by atoms with van der Waals surface area (Å²) in [5, 5.41) is 8.98. The first-order chi connectivity index (χ1) is 18.5. The van der Waals surface area contributed by atoms with Crippen molar-refractivity contribution in [3.05, 3.63) is 83.6 Å². The van der Waals surface area contributed by atoms with Crippen molar-refractivity contribution in [2.24, 2.45) is 0 Å². The van der Waals surface area contributed by atoms with Crippen LogP contribution < -0.4 is 16.2 Å². The van der Waals surface area contributed by atoms with Crippen molar-refractivity contribution < 1.29 is 14.6 Å². The number of para-hydroxylation sites is 1. The number of imidazole rings is 1. The number of carbonyl (C=O) groups excluding carboxylic acids is 1. The van der Waals surface area contributed by atoms with Gasteiger partial charge in [0.2, 0.25) is 5.91 Å². The molecule has 3 N–H and O–H groups in total. The van der Waals surface area contributed by atoms with Crippen LogP contribution >= 0.6 is 0 Å². The molecule has 11 heteroatoms. The van der Waals surface area contributed by atoms with Gasteiger partial charge in [0.15, 0.2) is 11.5 Å². The van der Waals surface area contributed by atoms with Gasteiger partial charge in [0.1, 0.15) is 23.3 Å². The molecule has 5 rings (SSSR count). The van der Waals surface area contributed by atoms with Gasteiger partial charge in [-0.3, -0.25) is 13.9 Å². The van der Waals surface area contributed by atoms with Gasteiger partial charge in [0, 0.05) is 32.3 Å². The van der Waals surface area contributed by atoms with E-state index in [1.54, 1.807) is 39.8 Å². The molecule has 4 aromatic rings. The quantitative estimate of drug-likeness (QED) is 0.323. The second-order valence-electron chi connectivity index (χ2n) is 9.11. The van der Waals surface area contributed by atoms with Crippen LogP contribution in [0.2, 0.25) is 0 Å². The van der Waals surface area contributed by atoms with E-state index < -0.39 is 0 Å². The molecule has 2 aromatic heterocycles. The van der Waals surface area contributed by atoms with E-state index in [1.807, 2.05) is 42.3 Å². The molecular weight excluding hydrogens is 486 g/mol. The van der Waals surface area contributed by atoms with Crippen molar-refractivity contribution in [2.45, 2.75) is 6.04 Å². The Morgan fingerprint density at radius 1 is 1.13 bits per heavy atom. The van der Waals surface area contributed by atoms with E-state index in [-0.39, 0.29) is 30.1 Å². The predicted molar refractivity (Wildman–Crippen MR) is 143 cm³/mol. The molecule has 0 aliphatic carbocycles. The number of hydrogen-bond donors (Lipinski definition) is 2. The van der Waals surface area contributed by atoms with Crippen molar-refractivity contribution >= 4 is 22.9 Å². The Bertz CT molecular complexity index is 1510. The number of fused-ring (bicyclic) bond motifs is 1. The maximum absolute atomic E-state index is 13.7. The third-order valence-electron chi connectivity index (χ3n) is 6.45. The Kier molecular flexibility index (Phi) is 7.20. The number of rotatable bonds is 9. The minimum atomic E-state index is -0.304. The highest BCUT2D eigenvalue weighted by atomic mass is 16.5. The van der Waals surface area contributed by atoms with Crippen LogP contribution in [0, 0.1) is 0 Å². The maximum Gasteiger partial charge on any atom is 0.335 e. The Labute approximate surface area is 219 Å². The van der Waals surface area contributed by atoms with Gasteiger partial charge in [-0.05, 0) is 43.4 Å². The molecule has 0 spiro atoms. The van der Waals surface area contributed by atoms with E-state index in [0.717, 1.165) is 0 Å². The predicted octanol–water partition coefficient (Wildman–Crippen LogP) is 1.82. The van der Waals surface area contributed by atoms with Crippen LogP contribution in [0.3, 0.4) is 0 Å². The standard InChI is InChI=1S/C27H29N7O4/c1-31(14-15-35)13-5-8-23(36)32-16-20(17-32)34-26-24(25(28)29-18-30-26)33(27(34)37)19-9-11-22(12-10-19)38-21-6-3-2-4-7-21/h2-12,18,20,35H,13-17H2,1H3,(H2,28,29,30). The summed E-state index contributed by atoms with van der Waals surface area (Å²) >= 11 is 0. The monoisotopic (exact) mass is 515 g/mol. The summed E-state index contributed by atoms with van der Waals surface area (Å²) in [7, 11) is 1.87. The molecule has 2 aromatic carbocycles. The number of carbonyl (C=O) groups is 1. The van der Waals surface area contributed by atoms with Crippen LogP contribution in [0.4, 0.5) is 5.82 Å². The van der Waals surface area contributed by atoms with Crippen LogP contribution in [-0.4, -0.2) is 79.7 Å². The van der Waals surface area contributed by atoms with Crippen molar-refractivity contribution in [1.82, 2.24) is 28.9 Å². The first-order valence-corrected chi connectivity index (χ1v) is 12.3. The molecule has 38 heavy (non-hydrogen) atoms. The van der Waals surface area contributed by atoms with E-state index in [4.69, 9.17) is 15.6 Å². The average molecular weight is 516 g/mol. The fourth-order valence-electron chi connectivity index (χ4n) is 4.42. The van der Waals surface area contributed by atoms with Crippen LogP contribution in [-0.2, 0) is 4.79 Å². The van der Waals surface area contributed by atoms with Crippen molar-refractivity contribution in [3.8, 4) is 17.2 Å². The molecule has 1 aliphatic heterocycles. The Morgan fingerprint density at radius 3 is 2.55 bits per heavy atom. The summed E-state index contributed by atoms with van der Waals surface area (Å²) in [6.45, 7) is 1.91. The molecule has 11 nitrogen and oxygen atoms in total. The number of aromatic nitrogens is 4. The molecule has 0 unspecified atom stereocenters. The normalized spacial score (nSPS) is 13.9. The van der Waals surface area contributed by atoms with Gasteiger partial charge < -0.3 is 25.4 Å². The topological polar surface area (TPSA) is 132 Å². The molecule has 3 heterocycles. The number of nitrogens with two attached hydrogens (primary N) is 1.